The average Bonchev–Trinajstić information content (AvgIpc) is 2.66. The van der Waals surface area contributed by atoms with Gasteiger partial charge >= 0.3 is 11.9 Å². The minimum atomic E-state index is -1.62. The van der Waals surface area contributed by atoms with Gasteiger partial charge in [-0.2, -0.15) is 0 Å². The second-order valence-electron chi connectivity index (χ2n) is 6.70. The topological polar surface area (TPSA) is 231 Å². The van der Waals surface area contributed by atoms with Crippen LogP contribution in [0.15, 0.2) is 0 Å². The van der Waals surface area contributed by atoms with Gasteiger partial charge in [-0.05, 0) is 12.3 Å². The van der Waals surface area contributed by atoms with Gasteiger partial charge in [-0.15, -0.1) is 0 Å². The van der Waals surface area contributed by atoms with Gasteiger partial charge in [-0.25, -0.2) is 4.79 Å². The third kappa shape index (κ3) is 9.82. The lowest BCUT2D eigenvalue weighted by molar-refractivity contribution is -0.144. The van der Waals surface area contributed by atoms with E-state index in [2.05, 4.69) is 16.0 Å². The number of rotatable bonds is 14. The largest absolute Gasteiger partial charge is 0.481 e. The highest BCUT2D eigenvalue weighted by Crippen LogP contribution is 2.09. The maximum absolute atomic E-state index is 12.6. The van der Waals surface area contributed by atoms with Crippen LogP contribution in [0.25, 0.3) is 0 Å². The van der Waals surface area contributed by atoms with Crippen molar-refractivity contribution in [3.63, 3.8) is 0 Å². The molecule has 0 fully saturated rings. The summed E-state index contributed by atoms with van der Waals surface area (Å²) in [6.45, 7) is 3.05. The molecular weight excluding hydrogens is 402 g/mol. The van der Waals surface area contributed by atoms with Gasteiger partial charge in [0, 0.05) is 6.42 Å². The number of nitrogens with one attached hydrogen (secondary N) is 3. The van der Waals surface area contributed by atoms with Crippen molar-refractivity contribution in [1.82, 2.24) is 16.0 Å². The standard InChI is InChI=1S/C17H29N5O8/c1-3-8(2)14(22-12(24)7-18)16(28)21-10(6-13(25)26)15(27)20-9(17(29)30)4-5-11(19)23/h8-10,14H,3-7,18H2,1-2H3,(H2,19,23)(H,20,27)(H,21,28)(H,22,24)(H,25,26)(H,29,30). The van der Waals surface area contributed by atoms with Gasteiger partial charge in [0.2, 0.25) is 23.6 Å². The number of nitrogens with two attached hydrogens (primary N) is 2. The van der Waals surface area contributed by atoms with E-state index in [0.717, 1.165) is 0 Å². The summed E-state index contributed by atoms with van der Waals surface area (Å²) in [6.07, 6.45) is -0.995. The smallest absolute Gasteiger partial charge is 0.326 e. The quantitative estimate of drug-likeness (QED) is 0.151. The van der Waals surface area contributed by atoms with E-state index >= 15 is 0 Å². The van der Waals surface area contributed by atoms with Gasteiger partial charge < -0.3 is 37.6 Å². The fourth-order valence-electron chi connectivity index (χ4n) is 2.40. The summed E-state index contributed by atoms with van der Waals surface area (Å²) >= 11 is 0. The van der Waals surface area contributed by atoms with Crippen LogP contribution in [0.3, 0.4) is 0 Å². The summed E-state index contributed by atoms with van der Waals surface area (Å²) < 4.78 is 0. The van der Waals surface area contributed by atoms with Crippen LogP contribution in [0.2, 0.25) is 0 Å². The van der Waals surface area contributed by atoms with Crippen molar-refractivity contribution in [3.05, 3.63) is 0 Å². The fourth-order valence-corrected chi connectivity index (χ4v) is 2.40. The first kappa shape index (κ1) is 26.8. The first-order valence-corrected chi connectivity index (χ1v) is 9.25. The Kier molecular flexibility index (Phi) is 11.7. The minimum Gasteiger partial charge on any atom is -0.481 e. The molecule has 4 atom stereocenters. The van der Waals surface area contributed by atoms with Gasteiger partial charge in [0.05, 0.1) is 13.0 Å². The Labute approximate surface area is 172 Å². The molecule has 0 aromatic heterocycles. The normalized spacial score (nSPS) is 14.5. The number of carboxylic acid groups (broad SMARTS) is 2. The summed E-state index contributed by atoms with van der Waals surface area (Å²) in [5.74, 6) is -6.54. The van der Waals surface area contributed by atoms with E-state index in [4.69, 9.17) is 21.7 Å². The van der Waals surface area contributed by atoms with Crippen LogP contribution in [0.1, 0.15) is 39.5 Å². The van der Waals surface area contributed by atoms with Crippen LogP contribution in [0.4, 0.5) is 0 Å². The third-order valence-corrected chi connectivity index (χ3v) is 4.30. The molecule has 0 spiro atoms. The zero-order valence-corrected chi connectivity index (χ0v) is 16.8. The molecule has 0 bridgehead atoms. The zero-order chi connectivity index (χ0) is 23.4. The molecule has 13 heteroatoms. The van der Waals surface area contributed by atoms with Crippen molar-refractivity contribution in [2.24, 2.45) is 17.4 Å². The summed E-state index contributed by atoms with van der Waals surface area (Å²) in [7, 11) is 0. The van der Waals surface area contributed by atoms with E-state index in [1.165, 1.54) is 0 Å². The van der Waals surface area contributed by atoms with Crippen molar-refractivity contribution in [1.29, 1.82) is 0 Å². The number of hydrogen-bond acceptors (Lipinski definition) is 7. The maximum atomic E-state index is 12.6. The number of aliphatic carboxylic acids is 2. The highest BCUT2D eigenvalue weighted by molar-refractivity contribution is 5.95. The molecular formula is C17H29N5O8. The molecule has 0 saturated heterocycles. The molecule has 0 aromatic carbocycles. The third-order valence-electron chi connectivity index (χ3n) is 4.30. The first-order chi connectivity index (χ1) is 13.9. The molecule has 0 aliphatic rings. The molecule has 0 heterocycles. The van der Waals surface area contributed by atoms with E-state index in [9.17, 15) is 28.8 Å². The summed E-state index contributed by atoms with van der Waals surface area (Å²) in [5.41, 5.74) is 10.2. The number of hydrogen-bond donors (Lipinski definition) is 7. The molecule has 0 saturated carbocycles. The molecule has 9 N–H and O–H groups in total. The molecule has 13 nitrogen and oxygen atoms in total. The second kappa shape index (κ2) is 13.1. The molecule has 30 heavy (non-hydrogen) atoms. The van der Waals surface area contributed by atoms with Crippen molar-refractivity contribution in [2.45, 2.75) is 57.7 Å². The van der Waals surface area contributed by atoms with Crippen LogP contribution < -0.4 is 27.4 Å². The Morgan fingerprint density at radius 1 is 0.933 bits per heavy atom. The molecule has 0 aromatic rings. The summed E-state index contributed by atoms with van der Waals surface area (Å²) in [4.78, 5) is 69.9. The minimum absolute atomic E-state index is 0.313. The van der Waals surface area contributed by atoms with E-state index in [1.807, 2.05) is 0 Å². The van der Waals surface area contributed by atoms with Gasteiger partial charge in [-0.1, -0.05) is 20.3 Å². The highest BCUT2D eigenvalue weighted by atomic mass is 16.4. The van der Waals surface area contributed by atoms with E-state index in [-0.39, 0.29) is 25.3 Å². The maximum Gasteiger partial charge on any atom is 0.326 e. The lowest BCUT2D eigenvalue weighted by atomic mass is 9.97. The number of carbonyl (C=O) groups excluding carboxylic acids is 4. The SMILES string of the molecule is CCC(C)C(NC(=O)CN)C(=O)NC(CC(=O)O)C(=O)NC(CCC(N)=O)C(=O)O. The van der Waals surface area contributed by atoms with Crippen LogP contribution in [-0.2, 0) is 28.8 Å². The monoisotopic (exact) mass is 431 g/mol. The second-order valence-corrected chi connectivity index (χ2v) is 6.70. The molecule has 0 rings (SSSR count). The van der Waals surface area contributed by atoms with Crippen LogP contribution in [0.5, 0.6) is 0 Å². The summed E-state index contributed by atoms with van der Waals surface area (Å²) in [5, 5.41) is 24.9. The van der Waals surface area contributed by atoms with Gasteiger partial charge in [0.1, 0.15) is 18.1 Å². The number of amides is 4. The highest BCUT2D eigenvalue weighted by Gasteiger charge is 2.32. The Balaban J connectivity index is 5.44. The number of primary amides is 1. The van der Waals surface area contributed by atoms with Gasteiger partial charge in [0.15, 0.2) is 0 Å². The van der Waals surface area contributed by atoms with Gasteiger partial charge in [0.25, 0.3) is 0 Å². The molecule has 170 valence electrons. The Morgan fingerprint density at radius 3 is 1.93 bits per heavy atom. The Bertz CT molecular complexity index is 669. The van der Waals surface area contributed by atoms with Crippen LogP contribution in [-0.4, -0.2) is 70.5 Å². The van der Waals surface area contributed by atoms with Gasteiger partial charge in [-0.3, -0.25) is 24.0 Å². The van der Waals surface area contributed by atoms with Crippen molar-refractivity contribution in [3.8, 4) is 0 Å². The Morgan fingerprint density at radius 2 is 1.50 bits per heavy atom. The molecule has 0 aliphatic heterocycles. The zero-order valence-electron chi connectivity index (χ0n) is 16.8. The van der Waals surface area contributed by atoms with E-state index < -0.39 is 60.1 Å². The fraction of sp³-hybridized carbons (Fsp3) is 0.647. The lowest BCUT2D eigenvalue weighted by Crippen LogP contribution is -2.58. The van der Waals surface area contributed by atoms with E-state index in [0.29, 0.717) is 6.42 Å². The van der Waals surface area contributed by atoms with Crippen molar-refractivity contribution >= 4 is 35.6 Å². The Hall–Kier alpha value is -3.22. The molecule has 0 aliphatic carbocycles. The van der Waals surface area contributed by atoms with E-state index in [1.54, 1.807) is 13.8 Å². The molecule has 0 radical (unpaired) electrons. The number of carboxylic acids is 2. The lowest BCUT2D eigenvalue weighted by Gasteiger charge is -2.26. The average molecular weight is 431 g/mol. The predicted octanol–water partition coefficient (Wildman–Crippen LogP) is -2.73. The number of carbonyl (C=O) groups is 6. The molecule has 4 unspecified atom stereocenters. The van der Waals surface area contributed by atoms with Crippen LogP contribution >= 0.6 is 0 Å². The molecule has 4 amide bonds. The first-order valence-electron chi connectivity index (χ1n) is 9.25. The van der Waals surface area contributed by atoms with Crippen LogP contribution in [0, 0.1) is 5.92 Å². The van der Waals surface area contributed by atoms with Crippen molar-refractivity contribution in [2.75, 3.05) is 6.54 Å². The van der Waals surface area contributed by atoms with Crippen molar-refractivity contribution < 1.29 is 39.0 Å². The summed E-state index contributed by atoms with van der Waals surface area (Å²) in [6, 6.07) is -4.22. The predicted molar refractivity (Wildman–Crippen MR) is 103 cm³/mol.